The number of para-hydroxylation sites is 1. The Bertz CT molecular complexity index is 686. The monoisotopic (exact) mass is 351 g/mol. The Morgan fingerprint density at radius 3 is 2.35 bits per heavy atom. The van der Waals surface area contributed by atoms with E-state index in [0.717, 1.165) is 15.6 Å². The smallest absolute Gasteiger partial charge is 0.266 e. The van der Waals surface area contributed by atoms with Crippen LogP contribution in [0.2, 0.25) is 8.67 Å². The van der Waals surface area contributed by atoms with E-state index >= 15 is 0 Å². The molecule has 0 bridgehead atoms. The third-order valence-electron chi connectivity index (χ3n) is 2.54. The summed E-state index contributed by atoms with van der Waals surface area (Å²) in [7, 11) is -3.86. The number of thiophene rings is 1. The van der Waals surface area contributed by atoms with Gasteiger partial charge < -0.3 is 5.11 Å². The van der Waals surface area contributed by atoms with E-state index in [1.54, 1.807) is 30.3 Å². The lowest BCUT2D eigenvalue weighted by Gasteiger charge is -2.23. The van der Waals surface area contributed by atoms with E-state index < -0.39 is 10.0 Å². The molecular formula is C12H11Cl2NO3S2. The molecule has 0 aliphatic rings. The molecule has 0 saturated carbocycles. The van der Waals surface area contributed by atoms with Gasteiger partial charge in [-0.25, -0.2) is 8.42 Å². The van der Waals surface area contributed by atoms with Crippen molar-refractivity contribution in [1.29, 1.82) is 0 Å². The Morgan fingerprint density at radius 1 is 1.20 bits per heavy atom. The van der Waals surface area contributed by atoms with Crippen molar-refractivity contribution in [1.82, 2.24) is 0 Å². The molecule has 2 aromatic rings. The maximum Gasteiger partial charge on any atom is 0.266 e. The van der Waals surface area contributed by atoms with Gasteiger partial charge in [0.05, 0.1) is 23.2 Å². The minimum atomic E-state index is -3.86. The van der Waals surface area contributed by atoms with E-state index in [1.807, 2.05) is 0 Å². The Morgan fingerprint density at radius 2 is 1.85 bits per heavy atom. The third kappa shape index (κ3) is 3.10. The molecule has 0 spiro atoms. The molecule has 1 heterocycles. The zero-order valence-electron chi connectivity index (χ0n) is 10.2. The standard InChI is InChI=1S/C12H11Cl2NO3S2/c13-11-8-10(12(14)19-11)20(17,18)15(6-7-16)9-4-2-1-3-5-9/h1-5,8,16H,6-7H2. The lowest BCUT2D eigenvalue weighted by Crippen LogP contribution is -2.33. The molecule has 0 aliphatic carbocycles. The molecular weight excluding hydrogens is 341 g/mol. The average Bonchev–Trinajstić information content (AvgIpc) is 2.76. The summed E-state index contributed by atoms with van der Waals surface area (Å²) in [6, 6.07) is 9.83. The number of halogens is 2. The fourth-order valence-corrected chi connectivity index (χ4v) is 5.26. The normalized spacial score (nSPS) is 11.6. The maximum atomic E-state index is 12.6. The van der Waals surface area contributed by atoms with Crippen molar-refractivity contribution < 1.29 is 13.5 Å². The summed E-state index contributed by atoms with van der Waals surface area (Å²) in [5.74, 6) is 0. The highest BCUT2D eigenvalue weighted by Gasteiger charge is 2.28. The van der Waals surface area contributed by atoms with Crippen LogP contribution in [0.4, 0.5) is 5.69 Å². The Balaban J connectivity index is 2.51. The minimum absolute atomic E-state index is 0.0496. The second kappa shape index (κ2) is 6.32. The molecule has 20 heavy (non-hydrogen) atoms. The number of sulfonamides is 1. The van der Waals surface area contributed by atoms with Gasteiger partial charge in [-0.05, 0) is 18.2 Å². The van der Waals surface area contributed by atoms with Crippen molar-refractivity contribution in [2.75, 3.05) is 17.5 Å². The van der Waals surface area contributed by atoms with Gasteiger partial charge in [-0.15, -0.1) is 11.3 Å². The highest BCUT2D eigenvalue weighted by molar-refractivity contribution is 7.93. The second-order valence-corrected chi connectivity index (χ2v) is 7.94. The van der Waals surface area contributed by atoms with Gasteiger partial charge in [0.25, 0.3) is 10.0 Å². The van der Waals surface area contributed by atoms with E-state index in [-0.39, 0.29) is 22.4 Å². The fourth-order valence-electron chi connectivity index (χ4n) is 1.69. The van der Waals surface area contributed by atoms with Crippen molar-refractivity contribution in [3.8, 4) is 0 Å². The molecule has 4 nitrogen and oxygen atoms in total. The number of aliphatic hydroxyl groups excluding tert-OH is 1. The second-order valence-electron chi connectivity index (χ2n) is 3.82. The summed E-state index contributed by atoms with van der Waals surface area (Å²) in [5.41, 5.74) is 0.458. The van der Waals surface area contributed by atoms with Gasteiger partial charge in [0.15, 0.2) is 0 Å². The molecule has 0 unspecified atom stereocenters. The summed E-state index contributed by atoms with van der Waals surface area (Å²) in [4.78, 5) is -0.0496. The first kappa shape index (κ1) is 15.6. The SMILES string of the molecule is O=S(=O)(c1cc(Cl)sc1Cl)N(CCO)c1ccccc1. The van der Waals surface area contributed by atoms with Gasteiger partial charge in [0.1, 0.15) is 9.23 Å². The topological polar surface area (TPSA) is 57.6 Å². The van der Waals surface area contributed by atoms with E-state index in [2.05, 4.69) is 0 Å². The van der Waals surface area contributed by atoms with Crippen LogP contribution in [-0.4, -0.2) is 26.7 Å². The van der Waals surface area contributed by atoms with Crippen LogP contribution in [0.15, 0.2) is 41.3 Å². The number of nitrogens with zero attached hydrogens (tertiary/aromatic N) is 1. The number of anilines is 1. The predicted octanol–water partition coefficient (Wildman–Crippen LogP) is 3.24. The Hall–Kier alpha value is -0.790. The molecule has 0 atom stereocenters. The van der Waals surface area contributed by atoms with Crippen molar-refractivity contribution in [3.05, 3.63) is 45.1 Å². The first-order chi connectivity index (χ1) is 9.46. The van der Waals surface area contributed by atoms with Gasteiger partial charge in [-0.1, -0.05) is 41.4 Å². The molecule has 0 radical (unpaired) electrons. The molecule has 2 rings (SSSR count). The van der Waals surface area contributed by atoms with E-state index in [1.165, 1.54) is 6.07 Å². The van der Waals surface area contributed by atoms with Crippen LogP contribution in [0.3, 0.4) is 0 Å². The van der Waals surface area contributed by atoms with Crippen LogP contribution in [0.1, 0.15) is 0 Å². The van der Waals surface area contributed by atoms with Crippen LogP contribution < -0.4 is 4.31 Å². The molecule has 1 aromatic heterocycles. The quantitative estimate of drug-likeness (QED) is 0.899. The lowest BCUT2D eigenvalue weighted by atomic mass is 10.3. The van der Waals surface area contributed by atoms with Crippen molar-refractivity contribution in [2.45, 2.75) is 4.90 Å². The van der Waals surface area contributed by atoms with E-state index in [0.29, 0.717) is 10.0 Å². The number of benzene rings is 1. The zero-order chi connectivity index (χ0) is 14.8. The summed E-state index contributed by atoms with van der Waals surface area (Å²) >= 11 is 12.7. The van der Waals surface area contributed by atoms with E-state index in [9.17, 15) is 8.42 Å². The van der Waals surface area contributed by atoms with E-state index in [4.69, 9.17) is 28.3 Å². The molecule has 0 amide bonds. The summed E-state index contributed by atoms with van der Waals surface area (Å²) in [6.45, 7) is -0.361. The van der Waals surface area contributed by atoms with Crippen molar-refractivity contribution in [2.24, 2.45) is 0 Å². The molecule has 1 aromatic carbocycles. The number of hydrogen-bond donors (Lipinski definition) is 1. The summed E-state index contributed by atoms with van der Waals surface area (Å²) < 4.78 is 26.8. The van der Waals surface area contributed by atoms with Crippen LogP contribution >= 0.6 is 34.5 Å². The van der Waals surface area contributed by atoms with Gasteiger partial charge in [0, 0.05) is 0 Å². The third-order valence-corrected chi connectivity index (χ3v) is 6.12. The predicted molar refractivity (Wildman–Crippen MR) is 82.4 cm³/mol. The first-order valence-electron chi connectivity index (χ1n) is 5.60. The van der Waals surface area contributed by atoms with Gasteiger partial charge >= 0.3 is 0 Å². The van der Waals surface area contributed by atoms with Gasteiger partial charge in [-0.3, -0.25) is 4.31 Å². The number of hydrogen-bond acceptors (Lipinski definition) is 4. The summed E-state index contributed by atoms with van der Waals surface area (Å²) in [6.07, 6.45) is 0. The average molecular weight is 352 g/mol. The van der Waals surface area contributed by atoms with Crippen LogP contribution in [0.5, 0.6) is 0 Å². The first-order valence-corrected chi connectivity index (χ1v) is 8.61. The molecule has 0 fully saturated rings. The Kier molecular flexibility index (Phi) is 4.93. The maximum absolute atomic E-state index is 12.6. The molecule has 0 saturated heterocycles. The largest absolute Gasteiger partial charge is 0.394 e. The summed E-state index contributed by atoms with van der Waals surface area (Å²) in [5, 5.41) is 9.12. The highest BCUT2D eigenvalue weighted by atomic mass is 35.5. The molecule has 0 aliphatic heterocycles. The highest BCUT2D eigenvalue weighted by Crippen LogP contribution is 2.36. The Labute approximate surface area is 131 Å². The number of aliphatic hydroxyl groups is 1. The van der Waals surface area contributed by atoms with Gasteiger partial charge in [-0.2, -0.15) is 0 Å². The van der Waals surface area contributed by atoms with Crippen LogP contribution in [-0.2, 0) is 10.0 Å². The fraction of sp³-hybridized carbons (Fsp3) is 0.167. The minimum Gasteiger partial charge on any atom is -0.394 e. The van der Waals surface area contributed by atoms with Gasteiger partial charge in [0.2, 0.25) is 0 Å². The molecule has 8 heteroatoms. The molecule has 108 valence electrons. The lowest BCUT2D eigenvalue weighted by molar-refractivity contribution is 0.306. The van der Waals surface area contributed by atoms with Crippen LogP contribution in [0, 0.1) is 0 Å². The molecule has 1 N–H and O–H groups in total. The zero-order valence-corrected chi connectivity index (χ0v) is 13.3. The van der Waals surface area contributed by atoms with Crippen molar-refractivity contribution in [3.63, 3.8) is 0 Å². The number of rotatable bonds is 5. The van der Waals surface area contributed by atoms with Crippen LogP contribution in [0.25, 0.3) is 0 Å². The van der Waals surface area contributed by atoms with Crippen molar-refractivity contribution >= 4 is 50.2 Å².